The summed E-state index contributed by atoms with van der Waals surface area (Å²) in [4.78, 5) is 4.30. The number of ether oxygens (including phenoxy) is 1. The highest BCUT2D eigenvalue weighted by molar-refractivity contribution is 5.81. The Morgan fingerprint density at radius 3 is 2.56 bits per heavy atom. The lowest BCUT2D eigenvalue weighted by molar-refractivity contribution is 0.482. The first-order valence-corrected chi connectivity index (χ1v) is 7.84. The number of aromatic nitrogens is 1. The number of nitrogens with one attached hydrogen (secondary N) is 1. The summed E-state index contributed by atoms with van der Waals surface area (Å²) in [5, 5.41) is 4.17. The van der Waals surface area contributed by atoms with Crippen molar-refractivity contribution in [2.45, 2.75) is 0 Å². The number of hydrazone groups is 1. The van der Waals surface area contributed by atoms with Crippen molar-refractivity contribution in [3.05, 3.63) is 84.4 Å². The first-order valence-electron chi connectivity index (χ1n) is 7.84. The standard InChI is InChI=1S/C20H15N3O2/c1-2-8-16(9-3-1)24-17-10-6-7-15(13-17)14-21-23-20-22-18-11-4-5-12-19(18)25-20/h1-14H,(H,22,23)/b21-14+. The molecule has 5 heteroatoms. The van der Waals surface area contributed by atoms with Crippen molar-refractivity contribution in [3.63, 3.8) is 0 Å². The molecule has 0 atom stereocenters. The van der Waals surface area contributed by atoms with Gasteiger partial charge < -0.3 is 9.15 Å². The van der Waals surface area contributed by atoms with E-state index >= 15 is 0 Å². The molecule has 0 radical (unpaired) electrons. The second-order valence-corrected chi connectivity index (χ2v) is 5.34. The van der Waals surface area contributed by atoms with E-state index in [4.69, 9.17) is 9.15 Å². The smallest absolute Gasteiger partial charge is 0.316 e. The van der Waals surface area contributed by atoms with E-state index < -0.39 is 0 Å². The van der Waals surface area contributed by atoms with E-state index in [1.54, 1.807) is 6.21 Å². The number of para-hydroxylation sites is 3. The van der Waals surface area contributed by atoms with E-state index in [-0.39, 0.29) is 0 Å². The van der Waals surface area contributed by atoms with Gasteiger partial charge in [0.25, 0.3) is 0 Å². The van der Waals surface area contributed by atoms with Gasteiger partial charge in [0.2, 0.25) is 0 Å². The zero-order valence-corrected chi connectivity index (χ0v) is 13.3. The number of nitrogens with zero attached hydrogens (tertiary/aromatic N) is 2. The maximum absolute atomic E-state index is 5.81. The lowest BCUT2D eigenvalue weighted by Gasteiger charge is -2.05. The van der Waals surface area contributed by atoms with Gasteiger partial charge in [-0.25, -0.2) is 5.43 Å². The number of oxazole rings is 1. The van der Waals surface area contributed by atoms with Crippen LogP contribution in [0, 0.1) is 0 Å². The third-order valence-corrected chi connectivity index (χ3v) is 3.50. The zero-order chi connectivity index (χ0) is 16.9. The van der Waals surface area contributed by atoms with Gasteiger partial charge in [-0.1, -0.05) is 42.5 Å². The average molecular weight is 329 g/mol. The zero-order valence-electron chi connectivity index (χ0n) is 13.3. The van der Waals surface area contributed by atoms with Gasteiger partial charge in [-0.3, -0.25) is 0 Å². The highest BCUT2D eigenvalue weighted by Crippen LogP contribution is 2.21. The van der Waals surface area contributed by atoms with Crippen LogP contribution < -0.4 is 10.2 Å². The molecule has 1 aromatic heterocycles. The first-order chi connectivity index (χ1) is 12.4. The van der Waals surface area contributed by atoms with Crippen LogP contribution in [0.25, 0.3) is 11.1 Å². The molecule has 0 aliphatic heterocycles. The van der Waals surface area contributed by atoms with Gasteiger partial charge in [-0.05, 0) is 42.0 Å². The SMILES string of the molecule is C(=N\Nc1nc2ccccc2o1)/c1cccc(Oc2ccccc2)c1. The largest absolute Gasteiger partial charge is 0.457 e. The fourth-order valence-electron chi connectivity index (χ4n) is 2.37. The Hall–Kier alpha value is -3.60. The van der Waals surface area contributed by atoms with Crippen molar-refractivity contribution in [1.82, 2.24) is 4.98 Å². The van der Waals surface area contributed by atoms with E-state index in [1.807, 2.05) is 78.9 Å². The minimum Gasteiger partial charge on any atom is -0.457 e. The van der Waals surface area contributed by atoms with Gasteiger partial charge in [-0.2, -0.15) is 10.1 Å². The maximum atomic E-state index is 5.81. The summed E-state index contributed by atoms with van der Waals surface area (Å²) in [6.07, 6.45) is 1.69. The Labute approximate surface area is 144 Å². The summed E-state index contributed by atoms with van der Waals surface area (Å²) in [6.45, 7) is 0. The van der Waals surface area contributed by atoms with Crippen LogP contribution in [0.4, 0.5) is 6.01 Å². The van der Waals surface area contributed by atoms with Crippen LogP contribution in [0.2, 0.25) is 0 Å². The molecular formula is C20H15N3O2. The molecule has 4 rings (SSSR count). The minimum atomic E-state index is 0.356. The second kappa shape index (κ2) is 6.88. The highest BCUT2D eigenvalue weighted by Gasteiger charge is 2.02. The fraction of sp³-hybridized carbons (Fsp3) is 0. The predicted molar refractivity (Wildman–Crippen MR) is 98.2 cm³/mol. The molecule has 1 heterocycles. The number of hydrogen-bond acceptors (Lipinski definition) is 5. The molecule has 0 unspecified atom stereocenters. The van der Waals surface area contributed by atoms with Crippen LogP contribution in [0.15, 0.2) is 88.4 Å². The summed E-state index contributed by atoms with van der Waals surface area (Å²) >= 11 is 0. The van der Waals surface area contributed by atoms with Crippen LogP contribution in [0.1, 0.15) is 5.56 Å². The predicted octanol–water partition coefficient (Wildman–Crippen LogP) is 5.07. The minimum absolute atomic E-state index is 0.356. The number of rotatable bonds is 5. The van der Waals surface area contributed by atoms with Crippen LogP contribution in [-0.4, -0.2) is 11.2 Å². The Morgan fingerprint density at radius 1 is 0.880 bits per heavy atom. The van der Waals surface area contributed by atoms with Crippen molar-refractivity contribution in [2.75, 3.05) is 5.43 Å². The normalized spacial score (nSPS) is 11.0. The van der Waals surface area contributed by atoms with E-state index in [2.05, 4.69) is 15.5 Å². The number of fused-ring (bicyclic) bond motifs is 1. The van der Waals surface area contributed by atoms with Gasteiger partial charge in [-0.15, -0.1) is 0 Å². The maximum Gasteiger partial charge on any atom is 0.316 e. The quantitative estimate of drug-likeness (QED) is 0.410. The number of anilines is 1. The van der Waals surface area contributed by atoms with Crippen molar-refractivity contribution >= 4 is 23.3 Å². The molecule has 0 aliphatic rings. The van der Waals surface area contributed by atoms with Crippen LogP contribution in [0.3, 0.4) is 0 Å². The highest BCUT2D eigenvalue weighted by atomic mass is 16.5. The Kier molecular flexibility index (Phi) is 4.12. The average Bonchev–Trinajstić information content (AvgIpc) is 3.06. The molecule has 0 aliphatic carbocycles. The van der Waals surface area contributed by atoms with Crippen LogP contribution >= 0.6 is 0 Å². The molecule has 1 N–H and O–H groups in total. The fourth-order valence-corrected chi connectivity index (χ4v) is 2.37. The van der Waals surface area contributed by atoms with Crippen LogP contribution in [-0.2, 0) is 0 Å². The Bertz CT molecular complexity index is 977. The van der Waals surface area contributed by atoms with Gasteiger partial charge in [0.1, 0.15) is 17.0 Å². The topological polar surface area (TPSA) is 59.7 Å². The lowest BCUT2D eigenvalue weighted by atomic mass is 10.2. The van der Waals surface area contributed by atoms with Crippen molar-refractivity contribution < 1.29 is 9.15 Å². The Balaban J connectivity index is 1.45. The summed E-state index contributed by atoms with van der Waals surface area (Å²) < 4.78 is 11.4. The molecule has 4 aromatic rings. The molecule has 0 saturated heterocycles. The third kappa shape index (κ3) is 3.67. The first kappa shape index (κ1) is 15.0. The molecule has 25 heavy (non-hydrogen) atoms. The van der Waals surface area contributed by atoms with Gasteiger partial charge >= 0.3 is 6.01 Å². The molecule has 0 amide bonds. The van der Waals surface area contributed by atoms with E-state index in [0.29, 0.717) is 6.01 Å². The molecular weight excluding hydrogens is 314 g/mol. The molecule has 3 aromatic carbocycles. The second-order valence-electron chi connectivity index (χ2n) is 5.34. The number of hydrogen-bond donors (Lipinski definition) is 1. The van der Waals surface area contributed by atoms with E-state index in [1.165, 1.54) is 0 Å². The van der Waals surface area contributed by atoms with Gasteiger partial charge in [0.15, 0.2) is 5.58 Å². The van der Waals surface area contributed by atoms with E-state index in [0.717, 1.165) is 28.2 Å². The molecule has 0 fully saturated rings. The third-order valence-electron chi connectivity index (χ3n) is 3.50. The van der Waals surface area contributed by atoms with E-state index in [9.17, 15) is 0 Å². The van der Waals surface area contributed by atoms with Crippen molar-refractivity contribution in [3.8, 4) is 11.5 Å². The molecule has 0 spiro atoms. The van der Waals surface area contributed by atoms with Gasteiger partial charge in [0, 0.05) is 0 Å². The van der Waals surface area contributed by atoms with Crippen molar-refractivity contribution in [2.24, 2.45) is 5.10 Å². The Morgan fingerprint density at radius 2 is 1.68 bits per heavy atom. The molecule has 5 nitrogen and oxygen atoms in total. The molecule has 0 bridgehead atoms. The van der Waals surface area contributed by atoms with Crippen LogP contribution in [0.5, 0.6) is 11.5 Å². The number of benzene rings is 3. The summed E-state index contributed by atoms with van der Waals surface area (Å²) in [5.41, 5.74) is 5.21. The molecule has 122 valence electrons. The summed E-state index contributed by atoms with van der Waals surface area (Å²) in [7, 11) is 0. The summed E-state index contributed by atoms with van der Waals surface area (Å²) in [5.74, 6) is 1.54. The summed E-state index contributed by atoms with van der Waals surface area (Å²) in [6, 6.07) is 25.2. The lowest BCUT2D eigenvalue weighted by Crippen LogP contribution is -1.91. The molecule has 0 saturated carbocycles. The van der Waals surface area contributed by atoms with Crippen molar-refractivity contribution in [1.29, 1.82) is 0 Å². The van der Waals surface area contributed by atoms with Gasteiger partial charge in [0.05, 0.1) is 6.21 Å². The monoisotopic (exact) mass is 329 g/mol.